The third-order valence-corrected chi connectivity index (χ3v) is 6.61. The fourth-order valence-corrected chi connectivity index (χ4v) is 4.83. The molecular weight excluding hydrogens is 390 g/mol. The lowest BCUT2D eigenvalue weighted by molar-refractivity contribution is 0.0957. The first-order valence-corrected chi connectivity index (χ1v) is 10.3. The van der Waals surface area contributed by atoms with Crippen LogP contribution in [-0.4, -0.2) is 64.7 Å². The van der Waals surface area contributed by atoms with Crippen molar-refractivity contribution in [3.8, 4) is 0 Å². The van der Waals surface area contributed by atoms with E-state index in [9.17, 15) is 9.59 Å². The Hall–Kier alpha value is -2.38. The molecule has 0 bridgehead atoms. The van der Waals surface area contributed by atoms with Crippen LogP contribution in [0.15, 0.2) is 36.5 Å². The number of hydrogen-bond acceptors (Lipinski definition) is 4. The molecule has 1 saturated carbocycles. The summed E-state index contributed by atoms with van der Waals surface area (Å²) in [6.45, 7) is 2.33. The molecule has 8 heteroatoms. The van der Waals surface area contributed by atoms with E-state index in [1.54, 1.807) is 19.3 Å². The van der Waals surface area contributed by atoms with Crippen molar-refractivity contribution in [2.45, 2.75) is 25.4 Å². The zero-order valence-corrected chi connectivity index (χ0v) is 17.5. The van der Waals surface area contributed by atoms with Gasteiger partial charge in [0.15, 0.2) is 5.69 Å². The van der Waals surface area contributed by atoms with E-state index >= 15 is 0 Å². The fourth-order valence-electron chi connectivity index (χ4n) is 4.63. The van der Waals surface area contributed by atoms with Crippen molar-refractivity contribution in [1.82, 2.24) is 24.9 Å². The highest BCUT2D eigenvalue weighted by Gasteiger charge is 2.43. The SMILES string of the molecule is CNC(=O)c1ccn(C(=O)N2C[C@H]3C[C@H](N(C)Cc4ccccc4Cl)C[C@H]3C2)n1. The lowest BCUT2D eigenvalue weighted by Gasteiger charge is -2.26. The molecule has 2 aromatic rings. The molecule has 2 aliphatic rings. The number of amides is 2. The summed E-state index contributed by atoms with van der Waals surface area (Å²) in [7, 11) is 3.70. The summed E-state index contributed by atoms with van der Waals surface area (Å²) in [5, 5.41) is 7.44. The average Bonchev–Trinajstić information content (AvgIpc) is 3.43. The summed E-state index contributed by atoms with van der Waals surface area (Å²) in [5.41, 5.74) is 1.40. The number of fused-ring (bicyclic) bond motifs is 1. The molecule has 7 nitrogen and oxygen atoms in total. The standard InChI is InChI=1S/C21H26ClN5O2/c1-23-20(28)19-7-8-27(24-19)21(29)26-12-15-9-17(10-16(15)13-26)25(2)11-14-5-3-4-6-18(14)22/h3-8,15-17H,9-13H2,1-2H3,(H,23,28)/t15-,16+,17+. The zero-order valence-electron chi connectivity index (χ0n) is 16.7. The third-order valence-electron chi connectivity index (χ3n) is 6.24. The van der Waals surface area contributed by atoms with Gasteiger partial charge < -0.3 is 10.2 Å². The van der Waals surface area contributed by atoms with Crippen molar-refractivity contribution in [2.75, 3.05) is 27.2 Å². The van der Waals surface area contributed by atoms with E-state index in [1.807, 2.05) is 23.1 Å². The molecule has 1 aliphatic heterocycles. The molecule has 0 unspecified atom stereocenters. The van der Waals surface area contributed by atoms with Crippen molar-refractivity contribution in [2.24, 2.45) is 11.8 Å². The summed E-state index contributed by atoms with van der Waals surface area (Å²) < 4.78 is 1.27. The number of carbonyl (C=O) groups excluding carboxylic acids is 2. The molecule has 3 atom stereocenters. The highest BCUT2D eigenvalue weighted by atomic mass is 35.5. The quantitative estimate of drug-likeness (QED) is 0.833. The van der Waals surface area contributed by atoms with Crippen molar-refractivity contribution < 1.29 is 9.59 Å². The second-order valence-electron chi connectivity index (χ2n) is 8.06. The van der Waals surface area contributed by atoms with Crippen LogP contribution < -0.4 is 5.32 Å². The van der Waals surface area contributed by atoms with Gasteiger partial charge in [-0.3, -0.25) is 9.69 Å². The Bertz CT molecular complexity index is 900. The first-order chi connectivity index (χ1) is 14.0. The van der Waals surface area contributed by atoms with Gasteiger partial charge in [-0.15, -0.1) is 0 Å². The van der Waals surface area contributed by atoms with E-state index in [-0.39, 0.29) is 17.6 Å². The number of halogens is 1. The summed E-state index contributed by atoms with van der Waals surface area (Å²) >= 11 is 6.31. The predicted octanol–water partition coefficient (Wildman–Crippen LogP) is 2.71. The molecule has 1 aromatic carbocycles. The molecule has 1 aromatic heterocycles. The van der Waals surface area contributed by atoms with Crippen LogP contribution in [0.2, 0.25) is 5.02 Å². The van der Waals surface area contributed by atoms with E-state index in [0.717, 1.165) is 43.1 Å². The van der Waals surface area contributed by atoms with Gasteiger partial charge in [0.1, 0.15) is 0 Å². The van der Waals surface area contributed by atoms with Crippen molar-refractivity contribution in [1.29, 1.82) is 0 Å². The van der Waals surface area contributed by atoms with Crippen LogP contribution >= 0.6 is 11.6 Å². The Balaban J connectivity index is 1.34. The maximum atomic E-state index is 12.8. The first-order valence-electron chi connectivity index (χ1n) is 9.97. The van der Waals surface area contributed by atoms with Crippen LogP contribution in [0, 0.1) is 11.8 Å². The normalized spacial score (nSPS) is 23.4. The fraction of sp³-hybridized carbons (Fsp3) is 0.476. The van der Waals surface area contributed by atoms with Crippen molar-refractivity contribution in [3.63, 3.8) is 0 Å². The smallest absolute Gasteiger partial charge is 0.344 e. The number of hydrogen-bond donors (Lipinski definition) is 1. The number of rotatable bonds is 4. The number of carbonyl (C=O) groups is 2. The molecule has 1 N–H and O–H groups in total. The molecule has 154 valence electrons. The summed E-state index contributed by atoms with van der Waals surface area (Å²) in [6, 6.07) is 9.89. The molecule has 1 saturated heterocycles. The van der Waals surface area contributed by atoms with Gasteiger partial charge in [0, 0.05) is 43.9 Å². The number of likely N-dealkylation sites (tertiary alicyclic amines) is 1. The summed E-state index contributed by atoms with van der Waals surface area (Å²) in [5.74, 6) is 0.720. The highest BCUT2D eigenvalue weighted by Crippen LogP contribution is 2.40. The van der Waals surface area contributed by atoms with Crippen LogP contribution in [0.25, 0.3) is 0 Å². The van der Waals surface area contributed by atoms with E-state index in [0.29, 0.717) is 17.9 Å². The Morgan fingerprint density at radius 1 is 1.21 bits per heavy atom. The molecular formula is C21H26ClN5O2. The van der Waals surface area contributed by atoms with Gasteiger partial charge in [0.25, 0.3) is 5.91 Å². The molecule has 0 spiro atoms. The second-order valence-corrected chi connectivity index (χ2v) is 8.47. The van der Waals surface area contributed by atoms with Crippen LogP contribution in [0.5, 0.6) is 0 Å². The van der Waals surface area contributed by atoms with Crippen LogP contribution in [0.3, 0.4) is 0 Å². The summed E-state index contributed by atoms with van der Waals surface area (Å²) in [6.07, 6.45) is 3.72. The van der Waals surface area contributed by atoms with Crippen LogP contribution in [-0.2, 0) is 6.54 Å². The van der Waals surface area contributed by atoms with Crippen LogP contribution in [0.4, 0.5) is 4.79 Å². The lowest BCUT2D eigenvalue weighted by atomic mass is 10.0. The monoisotopic (exact) mass is 415 g/mol. The van der Waals surface area contributed by atoms with E-state index in [2.05, 4.69) is 28.4 Å². The van der Waals surface area contributed by atoms with E-state index in [4.69, 9.17) is 11.6 Å². The Kier molecular flexibility index (Phi) is 5.61. The van der Waals surface area contributed by atoms with Gasteiger partial charge in [-0.25, -0.2) is 4.79 Å². The molecule has 0 radical (unpaired) electrons. The van der Waals surface area contributed by atoms with Crippen LogP contribution in [0.1, 0.15) is 28.9 Å². The molecule has 29 heavy (non-hydrogen) atoms. The topological polar surface area (TPSA) is 70.5 Å². The Morgan fingerprint density at radius 3 is 2.55 bits per heavy atom. The number of aromatic nitrogens is 2. The zero-order chi connectivity index (χ0) is 20.5. The minimum atomic E-state index is -0.292. The molecule has 2 amide bonds. The number of benzene rings is 1. The van der Waals surface area contributed by atoms with E-state index < -0.39 is 0 Å². The van der Waals surface area contributed by atoms with Crippen molar-refractivity contribution in [3.05, 3.63) is 52.8 Å². The molecule has 2 heterocycles. The molecule has 4 rings (SSSR count). The van der Waals surface area contributed by atoms with Gasteiger partial charge in [-0.2, -0.15) is 9.78 Å². The second kappa shape index (κ2) is 8.16. The molecule has 1 aliphatic carbocycles. The first kappa shape index (κ1) is 19.9. The van der Waals surface area contributed by atoms with Gasteiger partial charge in [0.2, 0.25) is 0 Å². The van der Waals surface area contributed by atoms with Gasteiger partial charge >= 0.3 is 6.03 Å². The highest BCUT2D eigenvalue weighted by molar-refractivity contribution is 6.31. The lowest BCUT2D eigenvalue weighted by Crippen LogP contribution is -2.36. The largest absolute Gasteiger partial charge is 0.354 e. The number of nitrogens with zero attached hydrogens (tertiary/aromatic N) is 4. The van der Waals surface area contributed by atoms with Gasteiger partial charge in [0.05, 0.1) is 0 Å². The van der Waals surface area contributed by atoms with E-state index in [1.165, 1.54) is 4.68 Å². The molecule has 2 fully saturated rings. The minimum absolute atomic E-state index is 0.157. The average molecular weight is 416 g/mol. The number of nitrogens with one attached hydrogen (secondary N) is 1. The van der Waals surface area contributed by atoms with Gasteiger partial charge in [-0.05, 0) is 49.4 Å². The predicted molar refractivity (Wildman–Crippen MR) is 111 cm³/mol. The Morgan fingerprint density at radius 2 is 1.90 bits per heavy atom. The maximum absolute atomic E-state index is 12.8. The van der Waals surface area contributed by atoms with Gasteiger partial charge in [-0.1, -0.05) is 29.8 Å². The third kappa shape index (κ3) is 4.02. The van der Waals surface area contributed by atoms with Crippen molar-refractivity contribution >= 4 is 23.5 Å². The maximum Gasteiger partial charge on any atom is 0.344 e. The Labute approximate surface area is 175 Å². The minimum Gasteiger partial charge on any atom is -0.354 e. The summed E-state index contributed by atoms with van der Waals surface area (Å²) in [4.78, 5) is 28.7.